The molecule has 0 aromatic rings. The Balaban J connectivity index is 2.14. The molecular formula is C11H23NO. The van der Waals surface area contributed by atoms with Crippen molar-refractivity contribution in [3.63, 3.8) is 0 Å². The van der Waals surface area contributed by atoms with E-state index in [0.717, 1.165) is 31.8 Å². The summed E-state index contributed by atoms with van der Waals surface area (Å²) in [6.07, 6.45) is 4.53. The Morgan fingerprint density at radius 3 is 2.54 bits per heavy atom. The van der Waals surface area contributed by atoms with Gasteiger partial charge in [0.05, 0.1) is 6.10 Å². The Labute approximate surface area is 81.9 Å². The Hall–Kier alpha value is -0.0800. The average Bonchev–Trinajstić information content (AvgIpc) is 2.09. The third kappa shape index (κ3) is 4.10. The molecule has 13 heavy (non-hydrogen) atoms. The number of aliphatic hydroxyl groups is 1. The van der Waals surface area contributed by atoms with Gasteiger partial charge in [0.1, 0.15) is 0 Å². The van der Waals surface area contributed by atoms with Gasteiger partial charge in [0, 0.05) is 19.6 Å². The average molecular weight is 185 g/mol. The second-order valence-corrected chi connectivity index (χ2v) is 4.43. The van der Waals surface area contributed by atoms with E-state index in [1.54, 1.807) is 0 Å². The third-order valence-electron chi connectivity index (χ3n) is 2.91. The van der Waals surface area contributed by atoms with Crippen LogP contribution in [0.4, 0.5) is 0 Å². The zero-order chi connectivity index (χ0) is 9.68. The number of aliphatic hydroxyl groups excluding tert-OH is 1. The molecule has 1 heterocycles. The number of nitrogens with zero attached hydrogens (tertiary/aromatic N) is 1. The highest BCUT2D eigenvalue weighted by Gasteiger charge is 2.17. The summed E-state index contributed by atoms with van der Waals surface area (Å²) < 4.78 is 0. The SMILES string of the molecule is CCCC(C)CN1CCC(O)CC1. The molecule has 0 saturated carbocycles. The van der Waals surface area contributed by atoms with E-state index in [-0.39, 0.29) is 6.10 Å². The van der Waals surface area contributed by atoms with Crippen molar-refractivity contribution >= 4 is 0 Å². The number of piperidine rings is 1. The first-order chi connectivity index (χ1) is 6.22. The van der Waals surface area contributed by atoms with Crippen molar-refractivity contribution in [3.05, 3.63) is 0 Å². The summed E-state index contributed by atoms with van der Waals surface area (Å²) in [6.45, 7) is 7.98. The lowest BCUT2D eigenvalue weighted by atomic mass is 10.0. The Kier molecular flexibility index (Phi) is 4.74. The number of rotatable bonds is 4. The molecule has 2 heteroatoms. The first-order valence-electron chi connectivity index (χ1n) is 5.62. The van der Waals surface area contributed by atoms with E-state index in [1.807, 2.05) is 0 Å². The fraction of sp³-hybridized carbons (Fsp3) is 1.00. The summed E-state index contributed by atoms with van der Waals surface area (Å²) in [5, 5.41) is 9.34. The number of hydrogen-bond acceptors (Lipinski definition) is 2. The summed E-state index contributed by atoms with van der Waals surface area (Å²) in [7, 11) is 0. The number of hydrogen-bond donors (Lipinski definition) is 1. The van der Waals surface area contributed by atoms with E-state index < -0.39 is 0 Å². The van der Waals surface area contributed by atoms with Gasteiger partial charge in [0.15, 0.2) is 0 Å². The molecule has 2 nitrogen and oxygen atoms in total. The summed E-state index contributed by atoms with van der Waals surface area (Å²) in [6, 6.07) is 0. The molecule has 0 aromatic heterocycles. The van der Waals surface area contributed by atoms with Crippen LogP contribution in [0.2, 0.25) is 0 Å². The van der Waals surface area contributed by atoms with Crippen molar-refractivity contribution in [2.75, 3.05) is 19.6 Å². The van der Waals surface area contributed by atoms with Crippen LogP contribution in [0.3, 0.4) is 0 Å². The number of likely N-dealkylation sites (tertiary alicyclic amines) is 1. The van der Waals surface area contributed by atoms with Crippen molar-refractivity contribution in [1.82, 2.24) is 4.90 Å². The Morgan fingerprint density at radius 2 is 2.00 bits per heavy atom. The van der Waals surface area contributed by atoms with Crippen LogP contribution in [-0.2, 0) is 0 Å². The molecule has 1 unspecified atom stereocenters. The molecule has 0 radical (unpaired) electrons. The lowest BCUT2D eigenvalue weighted by Crippen LogP contribution is -2.38. The maximum atomic E-state index is 9.34. The van der Waals surface area contributed by atoms with E-state index in [1.165, 1.54) is 19.4 Å². The van der Waals surface area contributed by atoms with E-state index in [4.69, 9.17) is 0 Å². The minimum absolute atomic E-state index is 0.0299. The standard InChI is InChI=1S/C11H23NO/c1-3-4-10(2)9-12-7-5-11(13)6-8-12/h10-11,13H,3-9H2,1-2H3. The van der Waals surface area contributed by atoms with Gasteiger partial charge in [-0.2, -0.15) is 0 Å². The highest BCUT2D eigenvalue weighted by atomic mass is 16.3. The smallest absolute Gasteiger partial charge is 0.0564 e. The largest absolute Gasteiger partial charge is 0.393 e. The fourth-order valence-corrected chi connectivity index (χ4v) is 2.13. The highest BCUT2D eigenvalue weighted by molar-refractivity contribution is 4.72. The van der Waals surface area contributed by atoms with Gasteiger partial charge in [-0.3, -0.25) is 0 Å². The van der Waals surface area contributed by atoms with Crippen molar-refractivity contribution in [2.45, 2.75) is 45.6 Å². The summed E-state index contributed by atoms with van der Waals surface area (Å²) in [4.78, 5) is 2.49. The summed E-state index contributed by atoms with van der Waals surface area (Å²) in [5.41, 5.74) is 0. The zero-order valence-corrected chi connectivity index (χ0v) is 9.00. The maximum Gasteiger partial charge on any atom is 0.0564 e. The summed E-state index contributed by atoms with van der Waals surface area (Å²) in [5.74, 6) is 0.820. The molecule has 0 amide bonds. The van der Waals surface area contributed by atoms with Gasteiger partial charge in [-0.05, 0) is 25.2 Å². The van der Waals surface area contributed by atoms with Crippen molar-refractivity contribution in [1.29, 1.82) is 0 Å². The molecule has 1 fully saturated rings. The normalized spacial score (nSPS) is 23.3. The van der Waals surface area contributed by atoms with Gasteiger partial charge < -0.3 is 10.0 Å². The predicted octanol–water partition coefficient (Wildman–Crippen LogP) is 1.88. The van der Waals surface area contributed by atoms with Gasteiger partial charge in [-0.25, -0.2) is 0 Å². The monoisotopic (exact) mass is 185 g/mol. The van der Waals surface area contributed by atoms with E-state index in [2.05, 4.69) is 18.7 Å². The van der Waals surface area contributed by atoms with Gasteiger partial charge in [-0.1, -0.05) is 20.3 Å². The minimum atomic E-state index is -0.0299. The maximum absolute atomic E-state index is 9.34. The molecule has 78 valence electrons. The molecule has 1 N–H and O–H groups in total. The molecule has 1 atom stereocenters. The van der Waals surface area contributed by atoms with Gasteiger partial charge in [0.25, 0.3) is 0 Å². The van der Waals surface area contributed by atoms with E-state index in [9.17, 15) is 5.11 Å². The quantitative estimate of drug-likeness (QED) is 0.723. The van der Waals surface area contributed by atoms with Crippen LogP contribution in [0.1, 0.15) is 39.5 Å². The van der Waals surface area contributed by atoms with Crippen LogP contribution in [-0.4, -0.2) is 35.7 Å². The Morgan fingerprint density at radius 1 is 1.38 bits per heavy atom. The van der Waals surface area contributed by atoms with Gasteiger partial charge >= 0.3 is 0 Å². The van der Waals surface area contributed by atoms with E-state index in [0.29, 0.717) is 0 Å². The first-order valence-corrected chi connectivity index (χ1v) is 5.62. The topological polar surface area (TPSA) is 23.5 Å². The second-order valence-electron chi connectivity index (χ2n) is 4.43. The van der Waals surface area contributed by atoms with Crippen LogP contribution < -0.4 is 0 Å². The molecule has 1 saturated heterocycles. The third-order valence-corrected chi connectivity index (χ3v) is 2.91. The zero-order valence-electron chi connectivity index (χ0n) is 9.00. The lowest BCUT2D eigenvalue weighted by Gasteiger charge is -2.31. The molecule has 1 aliphatic heterocycles. The lowest BCUT2D eigenvalue weighted by molar-refractivity contribution is 0.0753. The fourth-order valence-electron chi connectivity index (χ4n) is 2.13. The Bertz CT molecular complexity index is 130. The predicted molar refractivity (Wildman–Crippen MR) is 55.8 cm³/mol. The van der Waals surface area contributed by atoms with Crippen LogP contribution in [0.25, 0.3) is 0 Å². The van der Waals surface area contributed by atoms with Gasteiger partial charge in [0.2, 0.25) is 0 Å². The van der Waals surface area contributed by atoms with Crippen molar-refractivity contribution in [2.24, 2.45) is 5.92 Å². The molecule has 1 aliphatic rings. The molecule has 0 spiro atoms. The van der Waals surface area contributed by atoms with Gasteiger partial charge in [-0.15, -0.1) is 0 Å². The van der Waals surface area contributed by atoms with Crippen LogP contribution in [0, 0.1) is 5.92 Å². The minimum Gasteiger partial charge on any atom is -0.393 e. The molecule has 1 rings (SSSR count). The van der Waals surface area contributed by atoms with Crippen LogP contribution in [0.15, 0.2) is 0 Å². The van der Waals surface area contributed by atoms with E-state index >= 15 is 0 Å². The highest BCUT2D eigenvalue weighted by Crippen LogP contribution is 2.13. The molecular weight excluding hydrogens is 162 g/mol. The van der Waals surface area contributed by atoms with Crippen LogP contribution in [0.5, 0.6) is 0 Å². The summed E-state index contributed by atoms with van der Waals surface area (Å²) >= 11 is 0. The van der Waals surface area contributed by atoms with Crippen molar-refractivity contribution in [3.8, 4) is 0 Å². The van der Waals surface area contributed by atoms with Crippen molar-refractivity contribution < 1.29 is 5.11 Å². The molecule has 0 bridgehead atoms. The molecule has 0 aliphatic carbocycles. The molecule has 0 aromatic carbocycles. The second kappa shape index (κ2) is 5.61. The van der Waals surface area contributed by atoms with Crippen LogP contribution >= 0.6 is 0 Å². The first kappa shape index (κ1) is 11.0.